The van der Waals surface area contributed by atoms with E-state index < -0.39 is 0 Å². The van der Waals surface area contributed by atoms with Gasteiger partial charge in [0.2, 0.25) is 0 Å². The van der Waals surface area contributed by atoms with E-state index in [0.717, 1.165) is 28.4 Å². The molecule has 0 saturated carbocycles. The molecule has 9 aromatic carbocycles. The zero-order chi connectivity index (χ0) is 36.5. The molecule has 260 valence electrons. The molecule has 2 N–H and O–H groups in total. The minimum atomic E-state index is 0.877. The highest BCUT2D eigenvalue weighted by Crippen LogP contribution is 2.32. The second-order valence-corrected chi connectivity index (χ2v) is 13.2. The van der Waals surface area contributed by atoms with Crippen LogP contribution in [0.1, 0.15) is 5.56 Å². The topological polar surface area (TPSA) is 37.0 Å². The van der Waals surface area contributed by atoms with E-state index >= 15 is 0 Å². The van der Waals surface area contributed by atoms with Gasteiger partial charge in [-0.2, -0.15) is 0 Å². The first-order valence-corrected chi connectivity index (χ1v) is 18.3. The zero-order valence-electron chi connectivity index (χ0n) is 30.1. The summed E-state index contributed by atoms with van der Waals surface area (Å²) in [6, 6.07) is 73.1. The van der Waals surface area contributed by atoms with E-state index in [-0.39, 0.29) is 0 Å². The number of para-hydroxylation sites is 3. The monoisotopic (exact) mass is 696 g/mol. The van der Waals surface area contributed by atoms with Crippen molar-refractivity contribution in [2.75, 3.05) is 5.32 Å². The van der Waals surface area contributed by atoms with Crippen molar-refractivity contribution in [3.05, 3.63) is 218 Å². The van der Waals surface area contributed by atoms with Gasteiger partial charge < -0.3 is 15.0 Å². The number of nitrogens with one attached hydrogen (secondary N) is 2. The first-order chi connectivity index (χ1) is 26.7. The van der Waals surface area contributed by atoms with E-state index in [1.54, 1.807) is 0 Å². The first-order valence-electron chi connectivity index (χ1n) is 18.3. The molecule has 10 aromatic rings. The van der Waals surface area contributed by atoms with Crippen molar-refractivity contribution >= 4 is 54.7 Å². The summed E-state index contributed by atoms with van der Waals surface area (Å²) < 4.78 is 5.71. The standard InChI is InChI=1S/C28H20N2.C13H12O.C10H8/c1-2-8-23-20(6-1)7-5-11-26(23)29-22-15-12-19(13-16-22)21-14-17-28-25(18-21)24-9-3-4-10-27(24)30-28;1-11-7-5-6-10-13(11)14-12-8-3-2-4-9-12;1-2-6-10-8-4-3-7-9(10)5-1/h1-18,29-30H;2-10H,1H3;1-8H. The molecule has 0 saturated heterocycles. The smallest absolute Gasteiger partial charge is 0.130 e. The van der Waals surface area contributed by atoms with Crippen molar-refractivity contribution in [3.63, 3.8) is 0 Å². The molecule has 3 heteroatoms. The molecule has 3 nitrogen and oxygen atoms in total. The van der Waals surface area contributed by atoms with Crippen LogP contribution in [0.25, 0.3) is 54.5 Å². The van der Waals surface area contributed by atoms with Crippen LogP contribution >= 0.6 is 0 Å². The fourth-order valence-electron chi connectivity index (χ4n) is 6.68. The Balaban J connectivity index is 0.000000141. The van der Waals surface area contributed by atoms with Crippen LogP contribution in [-0.2, 0) is 0 Å². The number of rotatable bonds is 5. The molecule has 0 atom stereocenters. The fourth-order valence-corrected chi connectivity index (χ4v) is 6.68. The van der Waals surface area contributed by atoms with Crippen LogP contribution in [0.4, 0.5) is 11.4 Å². The SMILES string of the molecule is Cc1ccccc1Oc1ccccc1.c1ccc2c(Nc3ccc(-c4ccc5[nH]c6ccccc6c5c4)cc3)cccc2c1.c1ccc2ccccc2c1. The lowest BCUT2D eigenvalue weighted by Crippen LogP contribution is -1.91. The van der Waals surface area contributed by atoms with Gasteiger partial charge in [-0.3, -0.25) is 0 Å². The summed E-state index contributed by atoms with van der Waals surface area (Å²) in [6.45, 7) is 2.04. The Bertz CT molecular complexity index is 2710. The number of aryl methyl sites for hydroxylation is 1. The van der Waals surface area contributed by atoms with Crippen molar-refractivity contribution in [1.82, 2.24) is 4.98 Å². The summed E-state index contributed by atoms with van der Waals surface area (Å²) in [5, 5.41) is 11.2. The molecule has 0 aliphatic heterocycles. The third-order valence-electron chi connectivity index (χ3n) is 9.52. The number of aromatic nitrogens is 1. The van der Waals surface area contributed by atoms with Gasteiger partial charge in [-0.05, 0) is 94.4 Å². The Morgan fingerprint density at radius 2 is 0.963 bits per heavy atom. The molecular weight excluding hydrogens is 657 g/mol. The number of benzene rings is 9. The molecule has 0 bridgehead atoms. The van der Waals surface area contributed by atoms with Gasteiger partial charge in [-0.1, -0.05) is 158 Å². The number of hydrogen-bond donors (Lipinski definition) is 2. The van der Waals surface area contributed by atoms with Crippen LogP contribution in [-0.4, -0.2) is 4.98 Å². The third kappa shape index (κ3) is 7.86. The van der Waals surface area contributed by atoms with Crippen molar-refractivity contribution < 1.29 is 4.74 Å². The average molecular weight is 697 g/mol. The van der Waals surface area contributed by atoms with E-state index in [0.29, 0.717) is 0 Å². The van der Waals surface area contributed by atoms with Gasteiger partial charge in [0.1, 0.15) is 11.5 Å². The molecule has 0 fully saturated rings. The van der Waals surface area contributed by atoms with Gasteiger partial charge >= 0.3 is 0 Å². The molecule has 1 aromatic heterocycles. The summed E-state index contributed by atoms with van der Waals surface area (Å²) in [6.07, 6.45) is 0. The van der Waals surface area contributed by atoms with E-state index in [9.17, 15) is 0 Å². The Kier molecular flexibility index (Phi) is 10.1. The van der Waals surface area contributed by atoms with Crippen molar-refractivity contribution in [2.45, 2.75) is 6.92 Å². The molecule has 0 aliphatic rings. The summed E-state index contributed by atoms with van der Waals surface area (Å²) in [5.41, 5.74) is 8.16. The molecule has 10 rings (SSSR count). The van der Waals surface area contributed by atoms with Gasteiger partial charge in [-0.25, -0.2) is 0 Å². The quantitative estimate of drug-likeness (QED) is 0.188. The number of ether oxygens (including phenoxy) is 1. The van der Waals surface area contributed by atoms with E-state index in [2.05, 4.69) is 168 Å². The maximum Gasteiger partial charge on any atom is 0.130 e. The van der Waals surface area contributed by atoms with E-state index in [1.165, 1.54) is 54.5 Å². The van der Waals surface area contributed by atoms with Crippen LogP contribution in [0.3, 0.4) is 0 Å². The molecule has 54 heavy (non-hydrogen) atoms. The third-order valence-corrected chi connectivity index (χ3v) is 9.52. The van der Waals surface area contributed by atoms with Crippen molar-refractivity contribution in [2.24, 2.45) is 0 Å². The van der Waals surface area contributed by atoms with Crippen LogP contribution < -0.4 is 10.1 Å². The number of H-pyrrole nitrogens is 1. The largest absolute Gasteiger partial charge is 0.457 e. The number of anilines is 2. The summed E-state index contributed by atoms with van der Waals surface area (Å²) >= 11 is 0. The van der Waals surface area contributed by atoms with Crippen molar-refractivity contribution in [3.8, 4) is 22.6 Å². The van der Waals surface area contributed by atoms with Gasteiger partial charge in [-0.15, -0.1) is 0 Å². The lowest BCUT2D eigenvalue weighted by Gasteiger charge is -2.11. The molecule has 1 heterocycles. The van der Waals surface area contributed by atoms with E-state index in [1.807, 2.05) is 61.5 Å². The number of hydrogen-bond acceptors (Lipinski definition) is 2. The second kappa shape index (κ2) is 16.1. The molecular formula is C51H40N2O. The highest BCUT2D eigenvalue weighted by atomic mass is 16.5. The maximum atomic E-state index is 5.71. The highest BCUT2D eigenvalue weighted by Gasteiger charge is 2.07. The first kappa shape index (κ1) is 34.0. The molecule has 0 unspecified atom stereocenters. The molecule has 0 radical (unpaired) electrons. The number of aromatic amines is 1. The Labute approximate surface area is 316 Å². The lowest BCUT2D eigenvalue weighted by atomic mass is 10.0. The lowest BCUT2D eigenvalue weighted by molar-refractivity contribution is 0.479. The minimum Gasteiger partial charge on any atom is -0.457 e. The minimum absolute atomic E-state index is 0.877. The molecule has 0 aliphatic carbocycles. The Morgan fingerprint density at radius 1 is 0.407 bits per heavy atom. The predicted octanol–water partition coefficient (Wildman–Crippen LogP) is 14.5. The van der Waals surface area contributed by atoms with Gasteiger partial charge in [0.25, 0.3) is 0 Å². The Morgan fingerprint density at radius 3 is 1.69 bits per heavy atom. The number of fused-ring (bicyclic) bond motifs is 5. The van der Waals surface area contributed by atoms with Crippen molar-refractivity contribution in [1.29, 1.82) is 0 Å². The van der Waals surface area contributed by atoms with E-state index in [4.69, 9.17) is 4.74 Å². The van der Waals surface area contributed by atoms with Gasteiger partial charge in [0.15, 0.2) is 0 Å². The van der Waals surface area contributed by atoms with Crippen LogP contribution in [0, 0.1) is 6.92 Å². The van der Waals surface area contributed by atoms with Crippen LogP contribution in [0.5, 0.6) is 11.5 Å². The second-order valence-electron chi connectivity index (χ2n) is 13.2. The molecule has 0 amide bonds. The Hall–Kier alpha value is -7.10. The average Bonchev–Trinajstić information content (AvgIpc) is 3.61. The van der Waals surface area contributed by atoms with Crippen LogP contribution in [0.15, 0.2) is 212 Å². The zero-order valence-corrected chi connectivity index (χ0v) is 30.1. The summed E-state index contributed by atoms with van der Waals surface area (Å²) in [5.74, 6) is 1.79. The predicted molar refractivity (Wildman–Crippen MR) is 230 cm³/mol. The van der Waals surface area contributed by atoms with Gasteiger partial charge in [0.05, 0.1) is 0 Å². The summed E-state index contributed by atoms with van der Waals surface area (Å²) in [7, 11) is 0. The van der Waals surface area contributed by atoms with Crippen LogP contribution in [0.2, 0.25) is 0 Å². The maximum absolute atomic E-state index is 5.71. The van der Waals surface area contributed by atoms with Gasteiger partial charge in [0, 0.05) is 38.6 Å². The summed E-state index contributed by atoms with van der Waals surface area (Å²) in [4.78, 5) is 3.50. The highest BCUT2D eigenvalue weighted by molar-refractivity contribution is 6.08. The fraction of sp³-hybridized carbons (Fsp3) is 0.0196. The molecule has 0 spiro atoms. The normalized spacial score (nSPS) is 10.7.